The molecule has 1 saturated heterocycles. The number of benzene rings is 1. The van der Waals surface area contributed by atoms with Gasteiger partial charge >= 0.3 is 7.82 Å². The summed E-state index contributed by atoms with van der Waals surface area (Å²) in [7, 11) is -3.29. The Bertz CT molecular complexity index is 477. The summed E-state index contributed by atoms with van der Waals surface area (Å²) in [6.07, 6.45) is 2.59. The number of para-hydroxylation sites is 1. The van der Waals surface area contributed by atoms with Crippen molar-refractivity contribution >= 4 is 18.1 Å². The van der Waals surface area contributed by atoms with Crippen molar-refractivity contribution in [2.75, 3.05) is 19.8 Å². The van der Waals surface area contributed by atoms with E-state index < -0.39 is 13.2 Å². The zero-order valence-corrected chi connectivity index (χ0v) is 15.0. The van der Waals surface area contributed by atoms with Crippen LogP contribution in [0.15, 0.2) is 30.3 Å². The number of phosphoric ester groups is 1. The summed E-state index contributed by atoms with van der Waals surface area (Å²) >= 11 is 0. The maximum absolute atomic E-state index is 12.8. The minimum absolute atomic E-state index is 0.123. The van der Waals surface area contributed by atoms with Gasteiger partial charge in [0.2, 0.25) is 0 Å². The van der Waals surface area contributed by atoms with Crippen molar-refractivity contribution in [3.8, 4) is 5.75 Å². The number of hydrogen-bond acceptors (Lipinski definition) is 6. The van der Waals surface area contributed by atoms with Gasteiger partial charge in [0, 0.05) is 6.61 Å². The molecule has 1 aromatic rings. The number of aliphatic hydroxyl groups excluding tert-OH is 1. The van der Waals surface area contributed by atoms with Gasteiger partial charge < -0.3 is 14.4 Å². The van der Waals surface area contributed by atoms with E-state index >= 15 is 0 Å². The Hall–Kier alpha value is -0.693. The third-order valence-electron chi connectivity index (χ3n) is 3.04. The summed E-state index contributed by atoms with van der Waals surface area (Å²) < 4.78 is 34.6. The third kappa shape index (κ3) is 5.21. The fourth-order valence-corrected chi connectivity index (χ4v) is 4.72. The summed E-state index contributed by atoms with van der Waals surface area (Å²) in [4.78, 5) is 0. The van der Waals surface area contributed by atoms with Crippen molar-refractivity contribution in [3.05, 3.63) is 30.3 Å². The highest BCUT2D eigenvalue weighted by molar-refractivity contribution is 7.49. The maximum Gasteiger partial charge on any atom is 0.532 e. The first-order chi connectivity index (χ1) is 10.1. The molecular weight excluding hydrogens is 311 g/mol. The molecule has 118 valence electrons. The SMILES string of the molecule is O=P(OCCO)(Oc1ccccc1)OC1([SiH3])CCCCO1. The quantitative estimate of drug-likeness (QED) is 0.601. The Morgan fingerprint density at radius 1 is 1.33 bits per heavy atom. The monoisotopic (exact) mass is 332 g/mol. The fourth-order valence-electron chi connectivity index (χ4n) is 2.05. The van der Waals surface area contributed by atoms with E-state index in [9.17, 15) is 4.57 Å². The molecule has 0 aliphatic carbocycles. The van der Waals surface area contributed by atoms with Crippen molar-refractivity contribution in [2.24, 2.45) is 0 Å². The molecule has 1 N–H and O–H groups in total. The molecule has 6 nitrogen and oxygen atoms in total. The van der Waals surface area contributed by atoms with Gasteiger partial charge in [-0.1, -0.05) is 18.2 Å². The van der Waals surface area contributed by atoms with Crippen LogP contribution in [0.3, 0.4) is 0 Å². The summed E-state index contributed by atoms with van der Waals surface area (Å²) in [6, 6.07) is 8.68. The lowest BCUT2D eigenvalue weighted by molar-refractivity contribution is -0.154. The van der Waals surface area contributed by atoms with Gasteiger partial charge in [-0.25, -0.2) is 9.09 Å². The molecule has 1 heterocycles. The van der Waals surface area contributed by atoms with Crippen LogP contribution in [0.25, 0.3) is 0 Å². The van der Waals surface area contributed by atoms with E-state index in [1.807, 2.05) is 6.07 Å². The molecule has 1 aliphatic heterocycles. The minimum atomic E-state index is -3.84. The second-order valence-electron chi connectivity index (χ2n) is 4.94. The van der Waals surface area contributed by atoms with Crippen LogP contribution in [-0.2, 0) is 18.3 Å². The van der Waals surface area contributed by atoms with Crippen LogP contribution in [0.2, 0.25) is 0 Å². The average molecular weight is 332 g/mol. The van der Waals surface area contributed by atoms with Crippen LogP contribution in [-0.4, -0.2) is 40.6 Å². The normalized spacial score (nSPS) is 25.4. The van der Waals surface area contributed by atoms with Crippen LogP contribution < -0.4 is 4.52 Å². The van der Waals surface area contributed by atoms with Gasteiger partial charge in [-0.15, -0.1) is 0 Å². The molecule has 2 rings (SSSR count). The summed E-state index contributed by atoms with van der Waals surface area (Å²) in [5.41, 5.74) is -0.863. The molecule has 21 heavy (non-hydrogen) atoms. The van der Waals surface area contributed by atoms with Crippen molar-refractivity contribution in [2.45, 2.75) is 24.7 Å². The largest absolute Gasteiger partial charge is 0.532 e. The highest BCUT2D eigenvalue weighted by Crippen LogP contribution is 2.53. The van der Waals surface area contributed by atoms with Gasteiger partial charge in [-0.3, -0.25) is 4.52 Å². The standard InChI is InChI=1S/C13H21O6PSi/c14-9-11-17-20(15,18-12-6-2-1-3-7-12)19-13(21)8-4-5-10-16-13/h1-3,6-7,14H,4-5,8-11H2,21H3. The van der Waals surface area contributed by atoms with Crippen LogP contribution in [0.5, 0.6) is 5.75 Å². The molecule has 8 heteroatoms. The maximum atomic E-state index is 12.8. The number of hydrogen-bond donors (Lipinski definition) is 1. The van der Waals surface area contributed by atoms with Gasteiger partial charge in [-0.2, -0.15) is 0 Å². The lowest BCUT2D eigenvalue weighted by Crippen LogP contribution is -2.39. The molecule has 1 fully saturated rings. The molecule has 0 saturated carbocycles. The molecule has 1 aliphatic rings. The van der Waals surface area contributed by atoms with E-state index in [1.165, 1.54) is 0 Å². The number of aliphatic hydroxyl groups is 1. The zero-order valence-electron chi connectivity index (χ0n) is 12.1. The van der Waals surface area contributed by atoms with Gasteiger partial charge in [0.15, 0.2) is 5.41 Å². The van der Waals surface area contributed by atoms with Gasteiger partial charge in [0.25, 0.3) is 0 Å². The second-order valence-corrected chi connectivity index (χ2v) is 7.98. The zero-order chi connectivity index (χ0) is 15.2. The van der Waals surface area contributed by atoms with E-state index in [0.29, 0.717) is 29.0 Å². The van der Waals surface area contributed by atoms with Crippen LogP contribution in [0.4, 0.5) is 0 Å². The highest BCUT2D eigenvalue weighted by Gasteiger charge is 2.41. The molecule has 0 amide bonds. The van der Waals surface area contributed by atoms with Crippen LogP contribution in [0.1, 0.15) is 19.3 Å². The van der Waals surface area contributed by atoms with E-state index in [2.05, 4.69) is 0 Å². The smallest absolute Gasteiger partial charge is 0.404 e. The number of phosphoric acid groups is 1. The van der Waals surface area contributed by atoms with Crippen molar-refractivity contribution in [1.29, 1.82) is 0 Å². The van der Waals surface area contributed by atoms with Gasteiger partial charge in [0.1, 0.15) is 5.75 Å². The topological polar surface area (TPSA) is 74.2 Å². The highest BCUT2D eigenvalue weighted by atomic mass is 31.2. The summed E-state index contributed by atoms with van der Waals surface area (Å²) in [5, 5.41) is 8.89. The van der Waals surface area contributed by atoms with E-state index in [4.69, 9.17) is 23.4 Å². The molecule has 0 spiro atoms. The van der Waals surface area contributed by atoms with Crippen LogP contribution in [0, 0.1) is 0 Å². The molecule has 1 aromatic carbocycles. The molecule has 0 radical (unpaired) electrons. The Balaban J connectivity index is 2.10. The lowest BCUT2D eigenvalue weighted by atomic mass is 10.2. The van der Waals surface area contributed by atoms with Gasteiger partial charge in [0.05, 0.1) is 23.5 Å². The Labute approximate surface area is 127 Å². The number of ether oxygens (including phenoxy) is 1. The molecule has 0 bridgehead atoms. The van der Waals surface area contributed by atoms with Crippen LogP contribution >= 0.6 is 7.82 Å². The fraction of sp³-hybridized carbons (Fsp3) is 0.538. The summed E-state index contributed by atoms with van der Waals surface area (Å²) in [6.45, 7) is 0.192. The summed E-state index contributed by atoms with van der Waals surface area (Å²) in [5.74, 6) is 0.389. The van der Waals surface area contributed by atoms with Crippen molar-refractivity contribution in [3.63, 3.8) is 0 Å². The average Bonchev–Trinajstić information content (AvgIpc) is 2.46. The third-order valence-corrected chi connectivity index (χ3v) is 5.92. The predicted octanol–water partition coefficient (Wildman–Crippen LogP) is 1.42. The minimum Gasteiger partial charge on any atom is -0.404 e. The first-order valence-corrected chi connectivity index (χ1v) is 9.46. The second kappa shape index (κ2) is 7.53. The molecular formula is C13H21O6PSi. The lowest BCUT2D eigenvalue weighted by Gasteiger charge is -2.35. The van der Waals surface area contributed by atoms with E-state index in [0.717, 1.165) is 12.8 Å². The number of rotatable bonds is 7. The van der Waals surface area contributed by atoms with E-state index in [1.54, 1.807) is 24.3 Å². The Kier molecular flexibility index (Phi) is 5.98. The van der Waals surface area contributed by atoms with Crippen molar-refractivity contribution < 1.29 is 28.0 Å². The molecule has 0 aromatic heterocycles. The first kappa shape index (κ1) is 16.7. The Morgan fingerprint density at radius 2 is 2.10 bits per heavy atom. The molecule has 2 atom stereocenters. The van der Waals surface area contributed by atoms with Gasteiger partial charge in [-0.05, 0) is 31.4 Å². The molecule has 2 unspecified atom stereocenters. The Morgan fingerprint density at radius 3 is 2.71 bits per heavy atom. The first-order valence-electron chi connectivity index (χ1n) is 7.00. The van der Waals surface area contributed by atoms with E-state index in [-0.39, 0.29) is 13.2 Å². The predicted molar refractivity (Wildman–Crippen MR) is 81.3 cm³/mol. The van der Waals surface area contributed by atoms with Crippen molar-refractivity contribution in [1.82, 2.24) is 0 Å².